The molecule has 1 heterocycles. The molecule has 0 fully saturated rings. The smallest absolute Gasteiger partial charge is 0.185 e. The van der Waals surface area contributed by atoms with Gasteiger partial charge < -0.3 is 10.6 Å². The first-order chi connectivity index (χ1) is 6.16. The van der Waals surface area contributed by atoms with Crippen molar-refractivity contribution in [2.75, 3.05) is 24.7 Å². The van der Waals surface area contributed by atoms with Crippen LogP contribution in [0.2, 0.25) is 0 Å². The van der Waals surface area contributed by atoms with Crippen molar-refractivity contribution in [3.8, 4) is 0 Å². The van der Waals surface area contributed by atoms with Gasteiger partial charge in [0.25, 0.3) is 0 Å². The fourth-order valence-electron chi connectivity index (χ4n) is 1.12. The summed E-state index contributed by atoms with van der Waals surface area (Å²) in [5, 5.41) is 1.01. The fraction of sp³-hybridized carbons (Fsp3) is 0.222. The zero-order chi connectivity index (χ0) is 9.42. The molecule has 3 nitrogen and oxygen atoms in total. The van der Waals surface area contributed by atoms with Gasteiger partial charge in [0.05, 0.1) is 10.2 Å². The third-order valence-corrected chi connectivity index (χ3v) is 2.99. The quantitative estimate of drug-likeness (QED) is 0.704. The van der Waals surface area contributed by atoms with Gasteiger partial charge in [-0.15, -0.1) is 0 Å². The average molecular weight is 193 g/mol. The number of nitrogen functional groups attached to an aromatic ring is 1. The van der Waals surface area contributed by atoms with Crippen LogP contribution in [0.5, 0.6) is 0 Å². The molecule has 0 aliphatic rings. The molecule has 2 aromatic rings. The van der Waals surface area contributed by atoms with Gasteiger partial charge in [0, 0.05) is 19.8 Å². The lowest BCUT2D eigenvalue weighted by Gasteiger charge is -2.04. The summed E-state index contributed by atoms with van der Waals surface area (Å²) < 4.78 is 1.18. The predicted octanol–water partition coefficient (Wildman–Crippen LogP) is 1.94. The number of anilines is 2. The molecular formula is C9H11N3S. The fourth-order valence-corrected chi connectivity index (χ4v) is 1.99. The molecule has 0 bridgehead atoms. The average Bonchev–Trinajstić information content (AvgIpc) is 2.46. The van der Waals surface area contributed by atoms with E-state index in [1.807, 2.05) is 37.2 Å². The summed E-state index contributed by atoms with van der Waals surface area (Å²) in [5.74, 6) is 0. The molecule has 0 aliphatic carbocycles. The highest BCUT2D eigenvalue weighted by molar-refractivity contribution is 7.22. The second kappa shape index (κ2) is 2.88. The largest absolute Gasteiger partial charge is 0.399 e. The topological polar surface area (TPSA) is 42.2 Å². The maximum absolute atomic E-state index is 5.66. The first-order valence-corrected chi connectivity index (χ1v) is 4.82. The maximum Gasteiger partial charge on any atom is 0.185 e. The second-order valence-electron chi connectivity index (χ2n) is 3.12. The summed E-state index contributed by atoms with van der Waals surface area (Å²) in [5.41, 5.74) is 7.41. The molecule has 0 radical (unpaired) electrons. The van der Waals surface area contributed by atoms with Crippen molar-refractivity contribution < 1.29 is 0 Å². The summed E-state index contributed by atoms with van der Waals surface area (Å²) in [4.78, 5) is 6.44. The zero-order valence-electron chi connectivity index (χ0n) is 7.61. The number of nitrogens with two attached hydrogens (primary N) is 1. The van der Waals surface area contributed by atoms with Crippen LogP contribution in [0.15, 0.2) is 18.2 Å². The van der Waals surface area contributed by atoms with Gasteiger partial charge in [-0.3, -0.25) is 0 Å². The van der Waals surface area contributed by atoms with Gasteiger partial charge in [-0.1, -0.05) is 11.3 Å². The number of hydrogen-bond acceptors (Lipinski definition) is 4. The van der Waals surface area contributed by atoms with E-state index in [2.05, 4.69) is 4.98 Å². The van der Waals surface area contributed by atoms with Crippen molar-refractivity contribution in [1.82, 2.24) is 4.98 Å². The summed E-state index contributed by atoms with van der Waals surface area (Å²) in [6.45, 7) is 0. The maximum atomic E-state index is 5.66. The Morgan fingerprint density at radius 3 is 2.85 bits per heavy atom. The molecule has 1 aromatic carbocycles. The van der Waals surface area contributed by atoms with Gasteiger partial charge in [0.1, 0.15) is 0 Å². The van der Waals surface area contributed by atoms with Crippen molar-refractivity contribution >= 4 is 32.4 Å². The SMILES string of the molecule is CN(C)c1nc2cc(N)ccc2s1. The van der Waals surface area contributed by atoms with Gasteiger partial charge in [0.15, 0.2) is 5.13 Å². The molecular weight excluding hydrogens is 182 g/mol. The lowest BCUT2D eigenvalue weighted by atomic mass is 10.3. The third kappa shape index (κ3) is 1.45. The van der Waals surface area contributed by atoms with Crippen molar-refractivity contribution in [1.29, 1.82) is 0 Å². The van der Waals surface area contributed by atoms with E-state index in [0.717, 1.165) is 16.3 Å². The highest BCUT2D eigenvalue weighted by Crippen LogP contribution is 2.28. The van der Waals surface area contributed by atoms with Crippen LogP contribution >= 0.6 is 11.3 Å². The Labute approximate surface area is 80.8 Å². The van der Waals surface area contributed by atoms with Gasteiger partial charge in [-0.2, -0.15) is 0 Å². The van der Waals surface area contributed by atoms with Crippen LogP contribution in [0.25, 0.3) is 10.2 Å². The van der Waals surface area contributed by atoms with Crippen LogP contribution in [-0.4, -0.2) is 19.1 Å². The number of aromatic nitrogens is 1. The number of thiazole rings is 1. The van der Waals surface area contributed by atoms with Crippen LogP contribution in [0, 0.1) is 0 Å². The molecule has 0 spiro atoms. The van der Waals surface area contributed by atoms with Crippen LogP contribution < -0.4 is 10.6 Å². The summed E-state index contributed by atoms with van der Waals surface area (Å²) in [7, 11) is 3.97. The molecule has 13 heavy (non-hydrogen) atoms. The van der Waals surface area contributed by atoms with Crippen LogP contribution in [0.4, 0.5) is 10.8 Å². The lowest BCUT2D eigenvalue weighted by molar-refractivity contribution is 1.11. The molecule has 2 rings (SSSR count). The lowest BCUT2D eigenvalue weighted by Crippen LogP contribution is -2.07. The van der Waals surface area contributed by atoms with E-state index in [0.29, 0.717) is 0 Å². The molecule has 2 N–H and O–H groups in total. The van der Waals surface area contributed by atoms with Crippen molar-refractivity contribution in [3.05, 3.63) is 18.2 Å². The Morgan fingerprint density at radius 2 is 2.15 bits per heavy atom. The third-order valence-electron chi connectivity index (χ3n) is 1.78. The van der Waals surface area contributed by atoms with E-state index in [1.165, 1.54) is 4.70 Å². The Kier molecular flexibility index (Phi) is 1.84. The minimum atomic E-state index is 0.767. The van der Waals surface area contributed by atoms with Crippen molar-refractivity contribution in [3.63, 3.8) is 0 Å². The first kappa shape index (κ1) is 8.31. The summed E-state index contributed by atoms with van der Waals surface area (Å²) in [6.07, 6.45) is 0. The highest BCUT2D eigenvalue weighted by Gasteiger charge is 2.04. The minimum absolute atomic E-state index is 0.767. The molecule has 1 aromatic heterocycles. The number of benzene rings is 1. The number of fused-ring (bicyclic) bond motifs is 1. The van der Waals surface area contributed by atoms with Crippen LogP contribution in [-0.2, 0) is 0 Å². The normalized spacial score (nSPS) is 10.6. The zero-order valence-corrected chi connectivity index (χ0v) is 8.43. The predicted molar refractivity (Wildman–Crippen MR) is 58.4 cm³/mol. The Hall–Kier alpha value is -1.29. The van der Waals surface area contributed by atoms with E-state index in [4.69, 9.17) is 5.73 Å². The minimum Gasteiger partial charge on any atom is -0.399 e. The summed E-state index contributed by atoms with van der Waals surface area (Å²) in [6, 6.07) is 5.81. The number of rotatable bonds is 1. The Balaban J connectivity index is 2.62. The molecule has 0 atom stereocenters. The molecule has 0 saturated heterocycles. The van der Waals surface area contributed by atoms with Gasteiger partial charge >= 0.3 is 0 Å². The second-order valence-corrected chi connectivity index (χ2v) is 4.13. The van der Waals surface area contributed by atoms with Gasteiger partial charge in [-0.05, 0) is 18.2 Å². The molecule has 0 aliphatic heterocycles. The molecule has 68 valence electrons. The highest BCUT2D eigenvalue weighted by atomic mass is 32.1. The van der Waals surface area contributed by atoms with E-state index in [1.54, 1.807) is 11.3 Å². The summed E-state index contributed by atoms with van der Waals surface area (Å²) >= 11 is 1.67. The van der Waals surface area contributed by atoms with Crippen LogP contribution in [0.3, 0.4) is 0 Å². The number of nitrogens with zero attached hydrogens (tertiary/aromatic N) is 2. The van der Waals surface area contributed by atoms with E-state index in [-0.39, 0.29) is 0 Å². The molecule has 4 heteroatoms. The van der Waals surface area contributed by atoms with Gasteiger partial charge in [-0.25, -0.2) is 4.98 Å². The monoisotopic (exact) mass is 193 g/mol. The standard InChI is InChI=1S/C9H11N3S/c1-12(2)9-11-7-5-6(10)3-4-8(7)13-9/h3-5H,10H2,1-2H3. The van der Waals surface area contributed by atoms with Gasteiger partial charge in [0.2, 0.25) is 0 Å². The van der Waals surface area contributed by atoms with Crippen molar-refractivity contribution in [2.24, 2.45) is 0 Å². The van der Waals surface area contributed by atoms with E-state index < -0.39 is 0 Å². The van der Waals surface area contributed by atoms with E-state index >= 15 is 0 Å². The van der Waals surface area contributed by atoms with E-state index in [9.17, 15) is 0 Å². The van der Waals surface area contributed by atoms with Crippen molar-refractivity contribution in [2.45, 2.75) is 0 Å². The molecule has 0 unspecified atom stereocenters. The first-order valence-electron chi connectivity index (χ1n) is 4.00. The molecule has 0 saturated carbocycles. The van der Waals surface area contributed by atoms with Crippen LogP contribution in [0.1, 0.15) is 0 Å². The Morgan fingerprint density at radius 1 is 1.38 bits per heavy atom. The molecule has 0 amide bonds. The number of hydrogen-bond donors (Lipinski definition) is 1. The Bertz CT molecular complexity index is 433.